The van der Waals surface area contributed by atoms with Crippen molar-refractivity contribution in [2.24, 2.45) is 5.92 Å². The summed E-state index contributed by atoms with van der Waals surface area (Å²) in [7, 11) is 0. The van der Waals surface area contributed by atoms with E-state index < -0.39 is 0 Å². The largest absolute Gasteiger partial charge is 0.303 e. The van der Waals surface area contributed by atoms with Gasteiger partial charge in [0.25, 0.3) is 0 Å². The van der Waals surface area contributed by atoms with Gasteiger partial charge in [0.05, 0.1) is 0 Å². The summed E-state index contributed by atoms with van der Waals surface area (Å²) in [5, 5.41) is 0. The van der Waals surface area contributed by atoms with E-state index >= 15 is 0 Å². The first-order valence-electron chi connectivity index (χ1n) is 6.04. The van der Waals surface area contributed by atoms with E-state index in [1.54, 1.807) is 0 Å². The molecule has 1 rings (SSSR count). The molecule has 0 amide bonds. The van der Waals surface area contributed by atoms with Crippen LogP contribution < -0.4 is 0 Å². The second-order valence-corrected chi connectivity index (χ2v) is 4.40. The molecule has 0 saturated carbocycles. The summed E-state index contributed by atoms with van der Waals surface area (Å²) >= 11 is 0. The molecule has 0 aliphatic carbocycles. The first-order valence-corrected chi connectivity index (χ1v) is 6.04. The fourth-order valence-corrected chi connectivity index (χ4v) is 2.17. The lowest BCUT2D eigenvalue weighted by molar-refractivity contribution is -0.112. The summed E-state index contributed by atoms with van der Waals surface area (Å²) in [4.78, 5) is 13.1. The normalized spacial score (nSPS) is 23.6. The SMILES string of the molecule is CCCCCCN1CCCC(C=O)C1. The van der Waals surface area contributed by atoms with Crippen molar-refractivity contribution in [1.82, 2.24) is 4.90 Å². The molecule has 0 bridgehead atoms. The topological polar surface area (TPSA) is 20.3 Å². The van der Waals surface area contributed by atoms with Gasteiger partial charge in [-0.25, -0.2) is 0 Å². The predicted molar refractivity (Wildman–Crippen MR) is 59.4 cm³/mol. The van der Waals surface area contributed by atoms with Crippen LogP contribution in [0.15, 0.2) is 0 Å². The van der Waals surface area contributed by atoms with Crippen LogP contribution in [0.3, 0.4) is 0 Å². The van der Waals surface area contributed by atoms with E-state index in [9.17, 15) is 4.79 Å². The molecule has 2 nitrogen and oxygen atoms in total. The highest BCUT2D eigenvalue weighted by molar-refractivity contribution is 5.53. The van der Waals surface area contributed by atoms with Gasteiger partial charge >= 0.3 is 0 Å². The Kier molecular flexibility index (Phi) is 5.85. The van der Waals surface area contributed by atoms with Gasteiger partial charge in [-0.1, -0.05) is 26.2 Å². The summed E-state index contributed by atoms with van der Waals surface area (Å²) < 4.78 is 0. The van der Waals surface area contributed by atoms with Gasteiger partial charge in [0.15, 0.2) is 0 Å². The van der Waals surface area contributed by atoms with Crippen LogP contribution in [0.4, 0.5) is 0 Å². The highest BCUT2D eigenvalue weighted by Gasteiger charge is 2.18. The smallest absolute Gasteiger partial charge is 0.124 e. The van der Waals surface area contributed by atoms with Gasteiger partial charge in [0, 0.05) is 12.5 Å². The number of unbranched alkanes of at least 4 members (excludes halogenated alkanes) is 3. The molecule has 1 heterocycles. The van der Waals surface area contributed by atoms with Gasteiger partial charge in [0.1, 0.15) is 6.29 Å². The summed E-state index contributed by atoms with van der Waals surface area (Å²) in [6.45, 7) is 5.65. The van der Waals surface area contributed by atoms with Crippen molar-refractivity contribution >= 4 is 6.29 Å². The summed E-state index contributed by atoms with van der Waals surface area (Å²) in [6.07, 6.45) is 8.75. The van der Waals surface area contributed by atoms with Crippen molar-refractivity contribution < 1.29 is 4.79 Å². The minimum atomic E-state index is 0.315. The van der Waals surface area contributed by atoms with Crippen LogP contribution in [-0.2, 0) is 4.79 Å². The van der Waals surface area contributed by atoms with E-state index in [4.69, 9.17) is 0 Å². The van der Waals surface area contributed by atoms with Crippen LogP contribution >= 0.6 is 0 Å². The molecule has 1 atom stereocenters. The highest BCUT2D eigenvalue weighted by atomic mass is 16.1. The molecule has 0 aromatic heterocycles. The van der Waals surface area contributed by atoms with E-state index in [0.717, 1.165) is 19.3 Å². The number of rotatable bonds is 6. The van der Waals surface area contributed by atoms with E-state index in [1.165, 1.54) is 45.2 Å². The molecular formula is C12H23NO. The van der Waals surface area contributed by atoms with E-state index in [-0.39, 0.29) is 0 Å². The van der Waals surface area contributed by atoms with Crippen molar-refractivity contribution in [2.45, 2.75) is 45.4 Å². The first-order chi connectivity index (χ1) is 6.86. The Bertz CT molecular complexity index is 158. The Hall–Kier alpha value is -0.370. The van der Waals surface area contributed by atoms with Gasteiger partial charge in [-0.05, 0) is 32.4 Å². The Morgan fingerprint density at radius 1 is 1.36 bits per heavy atom. The third-order valence-corrected chi connectivity index (χ3v) is 3.06. The molecule has 0 radical (unpaired) electrons. The molecule has 1 unspecified atom stereocenters. The fraction of sp³-hybridized carbons (Fsp3) is 0.917. The van der Waals surface area contributed by atoms with Crippen LogP contribution in [-0.4, -0.2) is 30.8 Å². The zero-order chi connectivity index (χ0) is 10.2. The maximum absolute atomic E-state index is 10.7. The number of likely N-dealkylation sites (tertiary alicyclic amines) is 1. The second-order valence-electron chi connectivity index (χ2n) is 4.40. The lowest BCUT2D eigenvalue weighted by atomic mass is 9.99. The Morgan fingerprint density at radius 2 is 2.21 bits per heavy atom. The molecule has 0 N–H and O–H groups in total. The van der Waals surface area contributed by atoms with Crippen molar-refractivity contribution in [3.8, 4) is 0 Å². The molecule has 0 spiro atoms. The number of hydrogen-bond acceptors (Lipinski definition) is 2. The second kappa shape index (κ2) is 6.99. The molecule has 1 saturated heterocycles. The lowest BCUT2D eigenvalue weighted by Crippen LogP contribution is -2.36. The van der Waals surface area contributed by atoms with Crippen molar-refractivity contribution in [3.63, 3.8) is 0 Å². The van der Waals surface area contributed by atoms with Gasteiger partial charge in [-0.2, -0.15) is 0 Å². The molecular weight excluding hydrogens is 174 g/mol. The van der Waals surface area contributed by atoms with Crippen molar-refractivity contribution in [1.29, 1.82) is 0 Å². The van der Waals surface area contributed by atoms with E-state index in [1.807, 2.05) is 0 Å². The predicted octanol–water partition coefficient (Wildman–Crippen LogP) is 2.48. The molecule has 0 aromatic carbocycles. The van der Waals surface area contributed by atoms with Crippen molar-refractivity contribution in [2.75, 3.05) is 19.6 Å². The number of carbonyl (C=O) groups is 1. The third kappa shape index (κ3) is 4.23. The number of aldehydes is 1. The number of nitrogens with zero attached hydrogens (tertiary/aromatic N) is 1. The standard InChI is InChI=1S/C12H23NO/c1-2-3-4-5-8-13-9-6-7-12(10-13)11-14/h11-12H,2-10H2,1H3. The van der Waals surface area contributed by atoms with Crippen LogP contribution in [0.25, 0.3) is 0 Å². The van der Waals surface area contributed by atoms with Crippen LogP contribution in [0.1, 0.15) is 45.4 Å². The first kappa shape index (κ1) is 11.7. The molecule has 82 valence electrons. The molecule has 2 heteroatoms. The van der Waals surface area contributed by atoms with Crippen LogP contribution in [0, 0.1) is 5.92 Å². The van der Waals surface area contributed by atoms with Gasteiger partial charge < -0.3 is 9.69 Å². The van der Waals surface area contributed by atoms with E-state index in [2.05, 4.69) is 11.8 Å². The van der Waals surface area contributed by atoms with Gasteiger partial charge in [0.2, 0.25) is 0 Å². The molecule has 14 heavy (non-hydrogen) atoms. The summed E-state index contributed by atoms with van der Waals surface area (Å²) in [6, 6.07) is 0. The summed E-state index contributed by atoms with van der Waals surface area (Å²) in [5.41, 5.74) is 0. The molecule has 1 fully saturated rings. The summed E-state index contributed by atoms with van der Waals surface area (Å²) in [5.74, 6) is 0.315. The Morgan fingerprint density at radius 3 is 2.93 bits per heavy atom. The van der Waals surface area contributed by atoms with E-state index in [0.29, 0.717) is 5.92 Å². The fourth-order valence-electron chi connectivity index (χ4n) is 2.17. The maximum atomic E-state index is 10.7. The number of carbonyl (C=O) groups excluding carboxylic acids is 1. The van der Waals surface area contributed by atoms with Crippen molar-refractivity contribution in [3.05, 3.63) is 0 Å². The average molecular weight is 197 g/mol. The number of hydrogen-bond donors (Lipinski definition) is 0. The van der Waals surface area contributed by atoms with Gasteiger partial charge in [-0.15, -0.1) is 0 Å². The minimum absolute atomic E-state index is 0.315. The quantitative estimate of drug-likeness (QED) is 0.481. The maximum Gasteiger partial charge on any atom is 0.124 e. The van der Waals surface area contributed by atoms with Crippen LogP contribution in [0.5, 0.6) is 0 Å². The average Bonchev–Trinajstić information content (AvgIpc) is 2.25. The lowest BCUT2D eigenvalue weighted by Gasteiger charge is -2.29. The van der Waals surface area contributed by atoms with Crippen LogP contribution in [0.2, 0.25) is 0 Å². The monoisotopic (exact) mass is 197 g/mol. The third-order valence-electron chi connectivity index (χ3n) is 3.06. The zero-order valence-electron chi connectivity index (χ0n) is 9.37. The molecule has 1 aliphatic rings. The van der Waals surface area contributed by atoms with Gasteiger partial charge in [-0.3, -0.25) is 0 Å². The number of piperidine rings is 1. The zero-order valence-corrected chi connectivity index (χ0v) is 9.37. The molecule has 1 aliphatic heterocycles. The Balaban J connectivity index is 2.08. The Labute approximate surface area is 87.7 Å². The molecule has 0 aromatic rings. The highest BCUT2D eigenvalue weighted by Crippen LogP contribution is 2.15. The minimum Gasteiger partial charge on any atom is -0.303 e.